The molecule has 6 heteroatoms. The van der Waals surface area contributed by atoms with Crippen molar-refractivity contribution in [1.82, 2.24) is 20.2 Å². The normalized spacial score (nSPS) is 11.3. The van der Waals surface area contributed by atoms with Crippen molar-refractivity contribution in [2.75, 3.05) is 0 Å². The Balaban J connectivity index is 2.47. The summed E-state index contributed by atoms with van der Waals surface area (Å²) >= 11 is 6.69. The van der Waals surface area contributed by atoms with Crippen molar-refractivity contribution >= 4 is 23.6 Å². The van der Waals surface area contributed by atoms with Gasteiger partial charge in [-0.25, -0.2) is 4.98 Å². The summed E-state index contributed by atoms with van der Waals surface area (Å²) in [7, 11) is 0. The smallest absolute Gasteiger partial charge is 0.213 e. The molecule has 2 heterocycles. The number of H-pyrrole nitrogens is 2. The van der Waals surface area contributed by atoms with E-state index >= 15 is 0 Å². The molecule has 2 rings (SSSR count). The highest BCUT2D eigenvalue weighted by molar-refractivity contribution is 7.71. The zero-order valence-electron chi connectivity index (χ0n) is 10.2. The van der Waals surface area contributed by atoms with E-state index in [1.54, 1.807) is 11.3 Å². The second kappa shape index (κ2) is 5.10. The van der Waals surface area contributed by atoms with E-state index in [-0.39, 0.29) is 0 Å². The molecule has 0 aromatic carbocycles. The minimum absolute atomic E-state index is 0.394. The van der Waals surface area contributed by atoms with Crippen molar-refractivity contribution in [3.05, 3.63) is 15.5 Å². The molecule has 0 aliphatic carbocycles. The van der Waals surface area contributed by atoms with Gasteiger partial charge < -0.3 is 0 Å². The second-order valence-corrected chi connectivity index (χ2v) is 5.71. The van der Waals surface area contributed by atoms with Crippen LogP contribution in [0.1, 0.15) is 43.8 Å². The zero-order valence-corrected chi connectivity index (χ0v) is 11.8. The van der Waals surface area contributed by atoms with Crippen molar-refractivity contribution in [2.24, 2.45) is 0 Å². The van der Waals surface area contributed by atoms with Crippen LogP contribution in [0.4, 0.5) is 0 Å². The van der Waals surface area contributed by atoms with Gasteiger partial charge in [-0.2, -0.15) is 4.98 Å². The number of aromatic amines is 2. The Kier molecular flexibility index (Phi) is 3.73. The summed E-state index contributed by atoms with van der Waals surface area (Å²) in [6, 6.07) is 0. The molecule has 0 spiro atoms. The molecule has 2 aromatic heterocycles. The summed E-state index contributed by atoms with van der Waals surface area (Å²) in [4.78, 5) is 10.1. The summed E-state index contributed by atoms with van der Waals surface area (Å²) in [5.74, 6) is 1.20. The van der Waals surface area contributed by atoms with Gasteiger partial charge in [-0.3, -0.25) is 10.2 Å². The predicted molar refractivity (Wildman–Crippen MR) is 73.0 cm³/mol. The van der Waals surface area contributed by atoms with Gasteiger partial charge in [0.05, 0.1) is 15.6 Å². The van der Waals surface area contributed by atoms with Crippen molar-refractivity contribution in [3.63, 3.8) is 0 Å². The fourth-order valence-electron chi connectivity index (χ4n) is 1.64. The van der Waals surface area contributed by atoms with Crippen LogP contribution in [0.2, 0.25) is 0 Å². The molecular formula is C11H16N4S2. The lowest BCUT2D eigenvalue weighted by Gasteiger charge is -2.01. The third kappa shape index (κ3) is 2.63. The van der Waals surface area contributed by atoms with E-state index in [1.165, 1.54) is 5.01 Å². The zero-order chi connectivity index (χ0) is 12.4. The van der Waals surface area contributed by atoms with Gasteiger partial charge >= 0.3 is 0 Å². The van der Waals surface area contributed by atoms with Gasteiger partial charge in [0.2, 0.25) is 4.77 Å². The fraction of sp³-hybridized carbons (Fsp3) is 0.545. The molecule has 0 fully saturated rings. The molecule has 2 aromatic rings. The van der Waals surface area contributed by atoms with Crippen molar-refractivity contribution < 1.29 is 0 Å². The lowest BCUT2D eigenvalue weighted by molar-refractivity contribution is 0.813. The average molecular weight is 268 g/mol. The molecule has 0 radical (unpaired) electrons. The maximum Gasteiger partial charge on any atom is 0.213 e. The molecule has 2 N–H and O–H groups in total. The Hall–Kier alpha value is -1.01. The van der Waals surface area contributed by atoms with E-state index in [0.29, 0.717) is 10.7 Å². The van der Waals surface area contributed by atoms with Gasteiger partial charge in [0.1, 0.15) is 0 Å². The van der Waals surface area contributed by atoms with E-state index in [9.17, 15) is 0 Å². The van der Waals surface area contributed by atoms with E-state index in [1.807, 2.05) is 0 Å². The number of nitrogens with one attached hydrogen (secondary N) is 2. The minimum Gasteiger partial charge on any atom is -0.281 e. The first-order valence-corrected chi connectivity index (χ1v) is 6.99. The molecule has 0 saturated carbocycles. The number of aromatic nitrogens is 4. The molecule has 4 nitrogen and oxygen atoms in total. The first kappa shape index (κ1) is 12.4. The van der Waals surface area contributed by atoms with Gasteiger partial charge in [0.15, 0.2) is 5.82 Å². The van der Waals surface area contributed by atoms with Crippen LogP contribution in [0.5, 0.6) is 0 Å². The monoisotopic (exact) mass is 268 g/mol. The number of hydrogen-bond acceptors (Lipinski definition) is 4. The number of nitrogens with zero attached hydrogens (tertiary/aromatic N) is 2. The third-order valence-electron chi connectivity index (χ3n) is 2.42. The first-order chi connectivity index (χ1) is 8.11. The van der Waals surface area contributed by atoms with Gasteiger partial charge in [0.25, 0.3) is 0 Å². The lowest BCUT2D eigenvalue weighted by Crippen LogP contribution is -1.92. The number of thiazole rings is 1. The SMILES string of the molecule is CCCc1nc(C(C)C)c(-c2nc(=S)[nH][nH]2)s1. The molecule has 0 atom stereocenters. The van der Waals surface area contributed by atoms with Crippen LogP contribution in [0.25, 0.3) is 10.7 Å². The number of rotatable bonds is 4. The highest BCUT2D eigenvalue weighted by Crippen LogP contribution is 2.32. The van der Waals surface area contributed by atoms with Gasteiger partial charge in [-0.1, -0.05) is 20.8 Å². The molecule has 0 bridgehead atoms. The number of hydrogen-bond donors (Lipinski definition) is 2. The van der Waals surface area contributed by atoms with Crippen molar-refractivity contribution in [3.8, 4) is 10.7 Å². The fourth-order valence-corrected chi connectivity index (χ4v) is 3.04. The number of aryl methyl sites for hydroxylation is 1. The largest absolute Gasteiger partial charge is 0.281 e. The van der Waals surface area contributed by atoms with Gasteiger partial charge in [-0.05, 0) is 31.0 Å². The van der Waals surface area contributed by atoms with Gasteiger partial charge in [-0.15, -0.1) is 11.3 Å². The van der Waals surface area contributed by atoms with Gasteiger partial charge in [0, 0.05) is 0 Å². The van der Waals surface area contributed by atoms with Crippen LogP contribution in [0.3, 0.4) is 0 Å². The Morgan fingerprint density at radius 1 is 1.29 bits per heavy atom. The molecule has 92 valence electrons. The molecule has 0 amide bonds. The summed E-state index contributed by atoms with van der Waals surface area (Å²) in [5, 5.41) is 7.01. The lowest BCUT2D eigenvalue weighted by atomic mass is 10.1. The van der Waals surface area contributed by atoms with E-state index in [4.69, 9.17) is 17.2 Å². The molecule has 0 aliphatic rings. The Morgan fingerprint density at radius 2 is 2.06 bits per heavy atom. The Morgan fingerprint density at radius 3 is 2.59 bits per heavy atom. The standard InChI is InChI=1S/C11H16N4S2/c1-4-5-7-12-8(6(2)3)9(17-7)10-13-11(16)15-14-10/h6H,4-5H2,1-3H3,(H2,13,14,15,16). The van der Waals surface area contributed by atoms with E-state index in [0.717, 1.165) is 29.2 Å². The first-order valence-electron chi connectivity index (χ1n) is 5.76. The second-order valence-electron chi connectivity index (χ2n) is 4.24. The molecule has 17 heavy (non-hydrogen) atoms. The molecule has 0 aliphatic heterocycles. The van der Waals surface area contributed by atoms with E-state index in [2.05, 4.69) is 36.0 Å². The van der Waals surface area contributed by atoms with Crippen LogP contribution in [-0.4, -0.2) is 20.2 Å². The maximum absolute atomic E-state index is 4.99. The third-order valence-corrected chi connectivity index (χ3v) is 3.76. The van der Waals surface area contributed by atoms with Crippen molar-refractivity contribution in [1.29, 1.82) is 0 Å². The Bertz CT molecular complexity index is 550. The molecule has 0 unspecified atom stereocenters. The van der Waals surface area contributed by atoms with Crippen LogP contribution < -0.4 is 0 Å². The quantitative estimate of drug-likeness (QED) is 0.832. The summed E-state index contributed by atoms with van der Waals surface area (Å²) < 4.78 is 0.486. The summed E-state index contributed by atoms with van der Waals surface area (Å²) in [6.07, 6.45) is 2.14. The van der Waals surface area contributed by atoms with Crippen molar-refractivity contribution in [2.45, 2.75) is 39.5 Å². The Labute approximate surface area is 110 Å². The van der Waals surface area contributed by atoms with Crippen LogP contribution >= 0.6 is 23.6 Å². The maximum atomic E-state index is 4.99. The van der Waals surface area contributed by atoms with Crippen LogP contribution in [0.15, 0.2) is 0 Å². The van der Waals surface area contributed by atoms with Crippen LogP contribution in [-0.2, 0) is 6.42 Å². The topological polar surface area (TPSA) is 57.4 Å². The van der Waals surface area contributed by atoms with E-state index < -0.39 is 0 Å². The highest BCUT2D eigenvalue weighted by atomic mass is 32.1. The summed E-state index contributed by atoms with van der Waals surface area (Å²) in [6.45, 7) is 6.46. The average Bonchev–Trinajstić information content (AvgIpc) is 2.84. The summed E-state index contributed by atoms with van der Waals surface area (Å²) in [5.41, 5.74) is 1.11. The minimum atomic E-state index is 0.394. The predicted octanol–water partition coefficient (Wildman–Crippen LogP) is 3.67. The molecule has 0 saturated heterocycles. The van der Waals surface area contributed by atoms with Crippen LogP contribution in [0, 0.1) is 4.77 Å². The molecular weight excluding hydrogens is 252 g/mol. The highest BCUT2D eigenvalue weighted by Gasteiger charge is 2.17.